The van der Waals surface area contributed by atoms with Crippen LogP contribution in [0.15, 0.2) is 54.6 Å². The van der Waals surface area contributed by atoms with E-state index in [2.05, 4.69) is 10.2 Å². The second kappa shape index (κ2) is 7.80. The number of para-hydroxylation sites is 1. The molecule has 0 atom stereocenters. The summed E-state index contributed by atoms with van der Waals surface area (Å²) >= 11 is 0. The van der Waals surface area contributed by atoms with E-state index in [1.54, 1.807) is 0 Å². The zero-order valence-electron chi connectivity index (χ0n) is 15.9. The van der Waals surface area contributed by atoms with Gasteiger partial charge in [0.15, 0.2) is 0 Å². The fourth-order valence-corrected chi connectivity index (χ4v) is 3.48. The fraction of sp³-hybridized carbons (Fsp3) is 0.261. The van der Waals surface area contributed by atoms with Crippen LogP contribution in [-0.2, 0) is 11.3 Å². The lowest BCUT2D eigenvalue weighted by atomic mass is 10.1. The lowest BCUT2D eigenvalue weighted by molar-refractivity contribution is -0.119. The Kier molecular flexibility index (Phi) is 5.06. The number of anilines is 1. The van der Waals surface area contributed by atoms with Crippen LogP contribution in [0.5, 0.6) is 0 Å². The Morgan fingerprint density at radius 3 is 2.54 bits per heavy atom. The molecule has 1 aliphatic heterocycles. The maximum Gasteiger partial charge on any atom is 0.252 e. The first-order valence-corrected chi connectivity index (χ1v) is 9.60. The highest BCUT2D eigenvalue weighted by Crippen LogP contribution is 2.25. The van der Waals surface area contributed by atoms with Gasteiger partial charge in [-0.2, -0.15) is 0 Å². The van der Waals surface area contributed by atoms with Crippen LogP contribution >= 0.6 is 0 Å². The summed E-state index contributed by atoms with van der Waals surface area (Å²) in [5.41, 5.74) is 3.66. The van der Waals surface area contributed by atoms with Gasteiger partial charge in [0.05, 0.1) is 11.1 Å². The van der Waals surface area contributed by atoms with Gasteiger partial charge in [0.25, 0.3) is 5.91 Å². The molecule has 28 heavy (non-hydrogen) atoms. The molecular formula is C23H23N3O2. The van der Waals surface area contributed by atoms with Gasteiger partial charge >= 0.3 is 0 Å². The molecule has 0 unspecified atom stereocenters. The van der Waals surface area contributed by atoms with E-state index >= 15 is 0 Å². The Morgan fingerprint density at radius 1 is 1.07 bits per heavy atom. The van der Waals surface area contributed by atoms with Crippen molar-refractivity contribution in [3.05, 3.63) is 71.3 Å². The van der Waals surface area contributed by atoms with E-state index in [1.165, 1.54) is 5.56 Å². The maximum atomic E-state index is 13.0. The molecule has 5 nitrogen and oxygen atoms in total. The molecule has 1 aliphatic rings. The van der Waals surface area contributed by atoms with Gasteiger partial charge in [0.2, 0.25) is 0 Å². The molecule has 1 N–H and O–H groups in total. The molecule has 0 bridgehead atoms. The summed E-state index contributed by atoms with van der Waals surface area (Å²) in [4.78, 5) is 31.3. The van der Waals surface area contributed by atoms with Crippen molar-refractivity contribution in [2.24, 2.45) is 0 Å². The summed E-state index contributed by atoms with van der Waals surface area (Å²) in [5.74, 6) is 0.924. The van der Waals surface area contributed by atoms with Crippen LogP contribution in [0.25, 0.3) is 10.9 Å². The molecule has 142 valence electrons. The average molecular weight is 373 g/mol. The smallest absolute Gasteiger partial charge is 0.252 e. The Bertz CT molecular complexity index is 1020. The van der Waals surface area contributed by atoms with Gasteiger partial charge in [-0.3, -0.25) is 9.59 Å². The molecule has 5 heteroatoms. The van der Waals surface area contributed by atoms with Gasteiger partial charge in [-0.25, -0.2) is 4.98 Å². The molecule has 1 aromatic heterocycles. The van der Waals surface area contributed by atoms with Gasteiger partial charge < -0.3 is 10.2 Å². The Morgan fingerprint density at radius 2 is 1.79 bits per heavy atom. The maximum absolute atomic E-state index is 13.0. The minimum absolute atomic E-state index is 0.117. The van der Waals surface area contributed by atoms with Crippen LogP contribution in [0.3, 0.4) is 0 Å². The monoisotopic (exact) mass is 373 g/mol. The van der Waals surface area contributed by atoms with Gasteiger partial charge in [-0.05, 0) is 24.6 Å². The van der Waals surface area contributed by atoms with Crippen molar-refractivity contribution in [2.75, 3.05) is 18.0 Å². The highest BCUT2D eigenvalue weighted by molar-refractivity contribution is 6.07. The van der Waals surface area contributed by atoms with E-state index in [4.69, 9.17) is 4.98 Å². The van der Waals surface area contributed by atoms with Gasteiger partial charge in [-0.1, -0.05) is 48.0 Å². The average Bonchev–Trinajstić information content (AvgIpc) is 2.73. The van der Waals surface area contributed by atoms with Crippen molar-refractivity contribution >= 4 is 28.4 Å². The number of carbonyl (C=O) groups is 2. The quantitative estimate of drug-likeness (QED) is 0.758. The topological polar surface area (TPSA) is 62.3 Å². The van der Waals surface area contributed by atoms with Crippen LogP contribution < -0.4 is 10.2 Å². The number of aryl methyl sites for hydroxylation is 1. The molecule has 0 saturated carbocycles. The first kappa shape index (κ1) is 18.2. The summed E-state index contributed by atoms with van der Waals surface area (Å²) in [6.07, 6.45) is 1.06. The first-order chi connectivity index (χ1) is 13.6. The molecule has 2 aromatic carbocycles. The predicted molar refractivity (Wildman–Crippen MR) is 111 cm³/mol. The van der Waals surface area contributed by atoms with E-state index in [1.807, 2.05) is 61.5 Å². The molecule has 0 radical (unpaired) electrons. The number of fused-ring (bicyclic) bond motifs is 1. The van der Waals surface area contributed by atoms with Crippen molar-refractivity contribution in [1.82, 2.24) is 10.3 Å². The molecule has 1 amide bonds. The Hall–Kier alpha value is -3.21. The third kappa shape index (κ3) is 3.88. The number of nitrogens with zero attached hydrogens (tertiary/aromatic N) is 2. The molecule has 2 heterocycles. The number of nitrogens with one attached hydrogen (secondary N) is 1. The first-order valence-electron chi connectivity index (χ1n) is 9.60. The number of pyridine rings is 1. The normalized spacial score (nSPS) is 14.3. The van der Waals surface area contributed by atoms with Crippen molar-refractivity contribution in [1.29, 1.82) is 0 Å². The van der Waals surface area contributed by atoms with E-state index < -0.39 is 0 Å². The highest BCUT2D eigenvalue weighted by Gasteiger charge is 2.20. The largest absolute Gasteiger partial charge is 0.356 e. The number of hydrogen-bond acceptors (Lipinski definition) is 4. The number of benzene rings is 2. The Balaban J connectivity index is 1.61. The Labute approximate surface area is 164 Å². The lowest BCUT2D eigenvalue weighted by Gasteiger charge is -2.27. The highest BCUT2D eigenvalue weighted by atomic mass is 16.1. The summed E-state index contributed by atoms with van der Waals surface area (Å²) in [6.45, 7) is 3.81. The van der Waals surface area contributed by atoms with Gasteiger partial charge in [0.1, 0.15) is 11.6 Å². The number of aromatic nitrogens is 1. The number of rotatable bonds is 4. The lowest BCUT2D eigenvalue weighted by Crippen LogP contribution is -2.34. The molecule has 0 aliphatic carbocycles. The van der Waals surface area contributed by atoms with Crippen LogP contribution in [0.4, 0.5) is 5.82 Å². The summed E-state index contributed by atoms with van der Waals surface area (Å²) in [7, 11) is 0. The molecular weight excluding hydrogens is 350 g/mol. The fourth-order valence-electron chi connectivity index (χ4n) is 3.48. The molecule has 1 saturated heterocycles. The number of amides is 1. The third-order valence-electron chi connectivity index (χ3n) is 5.17. The van der Waals surface area contributed by atoms with Gasteiger partial charge in [0, 0.05) is 37.9 Å². The molecule has 1 fully saturated rings. The number of carbonyl (C=O) groups excluding carboxylic acids is 2. The number of ketones is 1. The third-order valence-corrected chi connectivity index (χ3v) is 5.17. The second-order valence-corrected chi connectivity index (χ2v) is 7.24. The second-order valence-electron chi connectivity index (χ2n) is 7.24. The van der Waals surface area contributed by atoms with E-state index in [9.17, 15) is 9.59 Å². The van der Waals surface area contributed by atoms with Crippen LogP contribution in [-0.4, -0.2) is 29.8 Å². The van der Waals surface area contributed by atoms with E-state index in [0.29, 0.717) is 38.0 Å². The number of Topliss-reactive ketones (excluding diaryl/α,β-unsaturated/α-hetero) is 1. The van der Waals surface area contributed by atoms with Crippen LogP contribution in [0, 0.1) is 6.92 Å². The van der Waals surface area contributed by atoms with Gasteiger partial charge in [-0.15, -0.1) is 0 Å². The van der Waals surface area contributed by atoms with E-state index in [-0.39, 0.29) is 11.7 Å². The standard InChI is InChI=1S/C23H23N3O2/c1-16-6-8-17(9-7-16)15-24-23(28)20-14-22(26-12-10-18(27)11-13-26)25-21-5-3-2-4-19(20)21/h2-9,14H,10-13,15H2,1H3,(H,24,28). The zero-order valence-corrected chi connectivity index (χ0v) is 15.9. The number of hydrogen-bond donors (Lipinski definition) is 1. The summed E-state index contributed by atoms with van der Waals surface area (Å²) < 4.78 is 0. The predicted octanol–water partition coefficient (Wildman–Crippen LogP) is 3.64. The van der Waals surface area contributed by atoms with E-state index in [0.717, 1.165) is 22.3 Å². The van der Waals surface area contributed by atoms with Crippen molar-refractivity contribution < 1.29 is 9.59 Å². The van der Waals surface area contributed by atoms with Crippen LogP contribution in [0.1, 0.15) is 34.3 Å². The van der Waals surface area contributed by atoms with Crippen LogP contribution in [0.2, 0.25) is 0 Å². The summed E-state index contributed by atoms with van der Waals surface area (Å²) in [6, 6.07) is 17.7. The van der Waals surface area contributed by atoms with Crippen molar-refractivity contribution in [2.45, 2.75) is 26.3 Å². The number of piperidine rings is 1. The SMILES string of the molecule is Cc1ccc(CNC(=O)c2cc(N3CCC(=O)CC3)nc3ccccc23)cc1. The molecule has 4 rings (SSSR count). The molecule has 0 spiro atoms. The minimum atomic E-state index is -0.117. The summed E-state index contributed by atoms with van der Waals surface area (Å²) in [5, 5.41) is 3.86. The minimum Gasteiger partial charge on any atom is -0.356 e. The zero-order chi connectivity index (χ0) is 19.5. The molecule has 3 aromatic rings. The van der Waals surface area contributed by atoms with Crippen molar-refractivity contribution in [3.8, 4) is 0 Å². The van der Waals surface area contributed by atoms with Crippen molar-refractivity contribution in [3.63, 3.8) is 0 Å².